The van der Waals surface area contributed by atoms with Crippen molar-refractivity contribution in [3.05, 3.63) is 67.8 Å². The first-order chi connectivity index (χ1) is 15.0. The molecule has 0 amide bonds. The molecule has 0 N–H and O–H groups in total. The number of hydrogen-bond donors (Lipinski definition) is 0. The van der Waals surface area contributed by atoms with Gasteiger partial charge in [0, 0.05) is 9.13 Å². The molecule has 0 aliphatic carbocycles. The number of halogens is 1. The van der Waals surface area contributed by atoms with Crippen LogP contribution < -0.4 is 9.47 Å². The van der Waals surface area contributed by atoms with Gasteiger partial charge in [0.15, 0.2) is 0 Å². The molecular weight excluding hydrogens is 507 g/mol. The summed E-state index contributed by atoms with van der Waals surface area (Å²) in [5, 5.41) is 0. The highest BCUT2D eigenvalue weighted by Gasteiger charge is 2.24. The Morgan fingerprint density at radius 1 is 0.656 bits per heavy atom. The van der Waals surface area contributed by atoms with E-state index in [-0.39, 0.29) is 12.2 Å². The third kappa shape index (κ3) is 4.83. The van der Waals surface area contributed by atoms with E-state index in [4.69, 9.17) is 9.47 Å². The van der Waals surface area contributed by atoms with Crippen molar-refractivity contribution in [2.75, 3.05) is 0 Å². The fourth-order valence-corrected chi connectivity index (χ4v) is 5.23. The third-order valence-corrected chi connectivity index (χ3v) is 7.46. The van der Waals surface area contributed by atoms with Gasteiger partial charge in [-0.25, -0.2) is 0 Å². The Hall–Kier alpha value is -2.01. The fraction of sp³-hybridized carbons (Fsp3) is 0.379. The molecule has 3 aromatic rings. The molecule has 3 heteroatoms. The summed E-state index contributed by atoms with van der Waals surface area (Å²) in [5.41, 5.74) is 11.1. The lowest BCUT2D eigenvalue weighted by Gasteiger charge is -2.25. The van der Waals surface area contributed by atoms with Crippen molar-refractivity contribution in [3.8, 4) is 33.8 Å². The molecule has 0 radical (unpaired) electrons. The molecule has 2 nitrogen and oxygen atoms in total. The summed E-state index contributed by atoms with van der Waals surface area (Å²) in [4.78, 5) is 0. The van der Waals surface area contributed by atoms with Gasteiger partial charge in [-0.2, -0.15) is 0 Å². The maximum atomic E-state index is 6.46. The number of benzene rings is 3. The minimum atomic E-state index is 0.0541. The first-order valence-electron chi connectivity index (χ1n) is 11.4. The Kier molecular flexibility index (Phi) is 7.59. The van der Waals surface area contributed by atoms with Crippen molar-refractivity contribution >= 4 is 22.6 Å². The number of hydrogen-bond acceptors (Lipinski definition) is 2. The molecule has 0 aliphatic heterocycles. The molecule has 32 heavy (non-hydrogen) atoms. The lowest BCUT2D eigenvalue weighted by Crippen LogP contribution is -2.12. The molecular formula is C29H35IO2. The molecule has 0 bridgehead atoms. The normalized spacial score (nSPS) is 11.4. The van der Waals surface area contributed by atoms with Crippen LogP contribution in [0.3, 0.4) is 0 Å². The van der Waals surface area contributed by atoms with Crippen LogP contribution >= 0.6 is 22.6 Å². The minimum absolute atomic E-state index is 0.0541. The Morgan fingerprint density at radius 2 is 1.16 bits per heavy atom. The van der Waals surface area contributed by atoms with Gasteiger partial charge in [0.1, 0.15) is 11.5 Å². The molecule has 0 unspecified atom stereocenters. The Balaban J connectivity index is 2.43. The molecule has 3 aromatic carbocycles. The molecule has 0 aliphatic rings. The predicted molar refractivity (Wildman–Crippen MR) is 145 cm³/mol. The van der Waals surface area contributed by atoms with Gasteiger partial charge in [0.05, 0.1) is 17.8 Å². The SMILES string of the molecule is Cc1ccccc1-c1cc(OC(C)C)c(-c2c(C)c(C)c(C)c(C)c2I)c(OC(C)C)c1. The Morgan fingerprint density at radius 3 is 1.66 bits per heavy atom. The molecule has 0 fully saturated rings. The van der Waals surface area contributed by atoms with Crippen LogP contribution in [0.1, 0.15) is 55.5 Å². The predicted octanol–water partition coefficient (Wildman–Crippen LogP) is 8.74. The monoisotopic (exact) mass is 542 g/mol. The van der Waals surface area contributed by atoms with Gasteiger partial charge < -0.3 is 9.47 Å². The van der Waals surface area contributed by atoms with Gasteiger partial charge in [-0.3, -0.25) is 0 Å². The van der Waals surface area contributed by atoms with Crippen LogP contribution in [0, 0.1) is 38.2 Å². The second kappa shape index (κ2) is 9.86. The van der Waals surface area contributed by atoms with Gasteiger partial charge in [-0.05, 0) is 136 Å². The zero-order valence-corrected chi connectivity index (χ0v) is 23.0. The third-order valence-electron chi connectivity index (χ3n) is 6.11. The Labute approximate surface area is 207 Å². The molecule has 170 valence electrons. The standard InChI is InChI=1S/C29H35IO2/c1-16(2)31-25-14-23(24-13-11-10-12-18(24)5)15-26(32-17(3)4)28(25)27-21(8)19(6)20(7)22(9)29(27)30/h10-17H,1-9H3. The average Bonchev–Trinajstić information content (AvgIpc) is 2.72. The van der Waals surface area contributed by atoms with E-state index in [1.165, 1.54) is 42.5 Å². The summed E-state index contributed by atoms with van der Waals surface area (Å²) >= 11 is 2.49. The second-order valence-corrected chi connectivity index (χ2v) is 10.3. The van der Waals surface area contributed by atoms with Crippen molar-refractivity contribution < 1.29 is 9.47 Å². The van der Waals surface area contributed by atoms with E-state index in [1.807, 2.05) is 0 Å². The fourth-order valence-electron chi connectivity index (χ4n) is 4.15. The average molecular weight is 543 g/mol. The first-order valence-corrected chi connectivity index (χ1v) is 12.4. The van der Waals surface area contributed by atoms with Gasteiger partial charge in [0.25, 0.3) is 0 Å². The molecule has 0 heterocycles. The minimum Gasteiger partial charge on any atom is -0.490 e. The lowest BCUT2D eigenvalue weighted by atomic mass is 9.88. The van der Waals surface area contributed by atoms with E-state index in [2.05, 4.69) is 121 Å². The van der Waals surface area contributed by atoms with E-state index in [1.54, 1.807) is 0 Å². The molecule has 0 saturated heterocycles. The summed E-state index contributed by atoms with van der Waals surface area (Å²) in [6, 6.07) is 12.8. The van der Waals surface area contributed by atoms with Crippen LogP contribution in [0.4, 0.5) is 0 Å². The topological polar surface area (TPSA) is 18.5 Å². The molecule has 0 spiro atoms. The van der Waals surface area contributed by atoms with Crippen molar-refractivity contribution in [3.63, 3.8) is 0 Å². The molecule has 0 atom stereocenters. The van der Waals surface area contributed by atoms with E-state index in [0.29, 0.717) is 0 Å². The maximum absolute atomic E-state index is 6.46. The van der Waals surface area contributed by atoms with Crippen LogP contribution in [-0.2, 0) is 0 Å². The summed E-state index contributed by atoms with van der Waals surface area (Å²) in [7, 11) is 0. The van der Waals surface area contributed by atoms with Crippen molar-refractivity contribution in [1.29, 1.82) is 0 Å². The smallest absolute Gasteiger partial charge is 0.131 e. The van der Waals surface area contributed by atoms with Crippen LogP contribution in [0.2, 0.25) is 0 Å². The van der Waals surface area contributed by atoms with E-state index in [0.717, 1.165) is 22.6 Å². The van der Waals surface area contributed by atoms with E-state index in [9.17, 15) is 0 Å². The van der Waals surface area contributed by atoms with E-state index < -0.39 is 0 Å². The second-order valence-electron chi connectivity index (χ2n) is 9.18. The summed E-state index contributed by atoms with van der Waals surface area (Å²) in [6.45, 7) is 19.3. The Bertz CT molecular complexity index is 1080. The first kappa shape index (κ1) is 24.6. The van der Waals surface area contributed by atoms with Crippen molar-refractivity contribution in [2.24, 2.45) is 0 Å². The zero-order valence-electron chi connectivity index (χ0n) is 20.8. The highest BCUT2D eigenvalue weighted by Crippen LogP contribution is 2.47. The molecule has 3 rings (SSSR count). The molecule has 0 aromatic heterocycles. The molecule has 0 saturated carbocycles. The van der Waals surface area contributed by atoms with Gasteiger partial charge in [0.2, 0.25) is 0 Å². The van der Waals surface area contributed by atoms with E-state index >= 15 is 0 Å². The van der Waals surface area contributed by atoms with Crippen LogP contribution in [0.25, 0.3) is 22.3 Å². The number of rotatable bonds is 6. The maximum Gasteiger partial charge on any atom is 0.131 e. The van der Waals surface area contributed by atoms with Crippen molar-refractivity contribution in [2.45, 2.75) is 74.5 Å². The summed E-state index contributed by atoms with van der Waals surface area (Å²) in [6.07, 6.45) is 0.108. The quantitative estimate of drug-likeness (QED) is 0.290. The van der Waals surface area contributed by atoms with Crippen molar-refractivity contribution in [1.82, 2.24) is 0 Å². The lowest BCUT2D eigenvalue weighted by molar-refractivity contribution is 0.231. The van der Waals surface area contributed by atoms with Gasteiger partial charge in [-0.15, -0.1) is 0 Å². The highest BCUT2D eigenvalue weighted by atomic mass is 127. The summed E-state index contributed by atoms with van der Waals surface area (Å²) < 4.78 is 14.2. The number of ether oxygens (including phenoxy) is 2. The van der Waals surface area contributed by atoms with Gasteiger partial charge in [-0.1, -0.05) is 24.3 Å². The van der Waals surface area contributed by atoms with Crippen LogP contribution in [0.15, 0.2) is 36.4 Å². The largest absolute Gasteiger partial charge is 0.490 e. The summed E-state index contributed by atoms with van der Waals surface area (Å²) in [5.74, 6) is 1.75. The highest BCUT2D eigenvalue weighted by molar-refractivity contribution is 14.1. The zero-order chi connectivity index (χ0) is 23.7. The van der Waals surface area contributed by atoms with Crippen LogP contribution in [0.5, 0.6) is 11.5 Å². The van der Waals surface area contributed by atoms with Crippen LogP contribution in [-0.4, -0.2) is 12.2 Å². The van der Waals surface area contributed by atoms with Gasteiger partial charge >= 0.3 is 0 Å². The number of aryl methyl sites for hydroxylation is 1.